The van der Waals surface area contributed by atoms with Crippen molar-refractivity contribution in [2.24, 2.45) is 0 Å². The molecule has 0 spiro atoms. The van der Waals surface area contributed by atoms with E-state index >= 15 is 0 Å². The van der Waals surface area contributed by atoms with Crippen LogP contribution in [0.5, 0.6) is 5.75 Å². The summed E-state index contributed by atoms with van der Waals surface area (Å²) in [6, 6.07) is 12.8. The summed E-state index contributed by atoms with van der Waals surface area (Å²) in [6.45, 7) is 2.31. The number of benzene rings is 2. The van der Waals surface area contributed by atoms with Gasteiger partial charge in [-0.1, -0.05) is 53.0 Å². The van der Waals surface area contributed by atoms with Gasteiger partial charge in [0.05, 0.1) is 18.7 Å². The van der Waals surface area contributed by atoms with Gasteiger partial charge in [-0.25, -0.2) is 4.79 Å². The number of hydrogen-bond acceptors (Lipinski definition) is 5. The maximum atomic E-state index is 12.4. The van der Waals surface area contributed by atoms with Crippen molar-refractivity contribution in [3.8, 4) is 16.9 Å². The molecule has 8 heteroatoms. The molecule has 5 nitrogen and oxygen atoms in total. The molecule has 0 atom stereocenters. The zero-order valence-corrected chi connectivity index (χ0v) is 19.4. The van der Waals surface area contributed by atoms with Crippen molar-refractivity contribution in [3.63, 3.8) is 0 Å². The first-order valence-corrected chi connectivity index (χ1v) is 11.2. The van der Waals surface area contributed by atoms with Gasteiger partial charge in [-0.05, 0) is 37.1 Å². The number of hydrogen-bond donors (Lipinski definition) is 1. The van der Waals surface area contributed by atoms with Crippen molar-refractivity contribution in [2.45, 2.75) is 19.8 Å². The summed E-state index contributed by atoms with van der Waals surface area (Å²) >= 11 is 13.2. The molecule has 1 amide bonds. The highest BCUT2D eigenvalue weighted by atomic mass is 35.5. The number of nitrogens with one attached hydrogen (secondary N) is 1. The Morgan fingerprint density at radius 1 is 1.10 bits per heavy atom. The van der Waals surface area contributed by atoms with Gasteiger partial charge >= 0.3 is 5.97 Å². The molecular formula is C23H21Cl2NO4S. The molecule has 0 radical (unpaired) electrons. The molecule has 3 rings (SSSR count). The Morgan fingerprint density at radius 2 is 1.84 bits per heavy atom. The SMILES string of the molecule is COC(=O)c1c(-c2ccc(C)cc2)csc1NC(=O)CCCOc1ccc(Cl)cc1Cl. The van der Waals surface area contributed by atoms with Crippen LogP contribution in [0.2, 0.25) is 10.0 Å². The molecule has 0 aliphatic rings. The van der Waals surface area contributed by atoms with E-state index in [0.29, 0.717) is 39.4 Å². The van der Waals surface area contributed by atoms with E-state index in [1.165, 1.54) is 18.4 Å². The molecule has 1 aromatic heterocycles. The van der Waals surface area contributed by atoms with Gasteiger partial charge in [-0.15, -0.1) is 11.3 Å². The van der Waals surface area contributed by atoms with E-state index in [4.69, 9.17) is 32.7 Å². The Hall–Kier alpha value is -2.54. The molecule has 0 unspecified atom stereocenters. The molecule has 0 fully saturated rings. The minimum Gasteiger partial charge on any atom is -0.492 e. The first-order valence-electron chi connectivity index (χ1n) is 9.53. The minimum atomic E-state index is -0.493. The summed E-state index contributed by atoms with van der Waals surface area (Å²) in [4.78, 5) is 24.8. The number of anilines is 1. The number of ether oxygens (including phenoxy) is 2. The van der Waals surface area contributed by atoms with Crippen LogP contribution in [0, 0.1) is 6.92 Å². The van der Waals surface area contributed by atoms with Gasteiger partial charge in [0.25, 0.3) is 0 Å². The average Bonchev–Trinajstić information content (AvgIpc) is 3.15. The highest BCUT2D eigenvalue weighted by Crippen LogP contribution is 2.36. The largest absolute Gasteiger partial charge is 0.492 e. The van der Waals surface area contributed by atoms with Gasteiger partial charge in [0.15, 0.2) is 0 Å². The Bertz CT molecular complexity index is 1080. The minimum absolute atomic E-state index is 0.215. The fourth-order valence-electron chi connectivity index (χ4n) is 2.90. The molecule has 0 bridgehead atoms. The maximum Gasteiger partial charge on any atom is 0.341 e. The second-order valence-corrected chi connectivity index (χ2v) is 8.51. The molecule has 1 heterocycles. The summed E-state index contributed by atoms with van der Waals surface area (Å²) in [7, 11) is 1.32. The van der Waals surface area contributed by atoms with E-state index in [0.717, 1.165) is 16.7 Å². The molecular weight excluding hydrogens is 457 g/mol. The predicted molar refractivity (Wildman–Crippen MR) is 126 cm³/mol. The van der Waals surface area contributed by atoms with Crippen LogP contribution >= 0.6 is 34.5 Å². The Balaban J connectivity index is 1.62. The Labute approximate surface area is 194 Å². The number of carbonyl (C=O) groups excluding carboxylic acids is 2. The van der Waals surface area contributed by atoms with Crippen LogP contribution in [0.15, 0.2) is 47.8 Å². The van der Waals surface area contributed by atoms with Crippen molar-refractivity contribution in [3.05, 3.63) is 69.0 Å². The van der Waals surface area contributed by atoms with E-state index in [9.17, 15) is 9.59 Å². The summed E-state index contributed by atoms with van der Waals surface area (Å²) in [6.07, 6.45) is 0.706. The van der Waals surface area contributed by atoms with E-state index in [2.05, 4.69) is 5.32 Å². The Morgan fingerprint density at radius 3 is 2.52 bits per heavy atom. The summed E-state index contributed by atoms with van der Waals surface area (Å²) in [5, 5.41) is 6.08. The highest BCUT2D eigenvalue weighted by Gasteiger charge is 2.22. The van der Waals surface area contributed by atoms with Gasteiger partial charge in [0, 0.05) is 22.4 Å². The molecule has 0 aliphatic heterocycles. The smallest absolute Gasteiger partial charge is 0.341 e. The number of methoxy groups -OCH3 is 1. The quantitative estimate of drug-likeness (QED) is 0.292. The number of rotatable bonds is 8. The lowest BCUT2D eigenvalue weighted by molar-refractivity contribution is -0.116. The van der Waals surface area contributed by atoms with Crippen LogP contribution in [0.4, 0.5) is 5.00 Å². The maximum absolute atomic E-state index is 12.4. The molecule has 1 N–H and O–H groups in total. The standard InChI is InChI=1S/C23H21Cl2NO4S/c1-14-5-7-15(8-6-14)17-13-31-22(21(17)23(28)29-2)26-20(27)4-3-11-30-19-10-9-16(24)12-18(19)25/h5-10,12-13H,3-4,11H2,1-2H3,(H,26,27). The predicted octanol–water partition coefficient (Wildman–Crippen LogP) is 6.61. The van der Waals surface area contributed by atoms with E-state index in [-0.39, 0.29) is 12.3 Å². The lowest BCUT2D eigenvalue weighted by Gasteiger charge is -2.09. The molecule has 0 aliphatic carbocycles. The highest BCUT2D eigenvalue weighted by molar-refractivity contribution is 7.15. The lowest BCUT2D eigenvalue weighted by atomic mass is 10.0. The van der Waals surface area contributed by atoms with Crippen molar-refractivity contribution in [2.75, 3.05) is 19.0 Å². The number of esters is 1. The van der Waals surface area contributed by atoms with Crippen LogP contribution in [0.3, 0.4) is 0 Å². The summed E-state index contributed by atoms with van der Waals surface area (Å²) < 4.78 is 10.5. The molecule has 3 aromatic rings. The molecule has 0 saturated carbocycles. The number of halogens is 2. The van der Waals surface area contributed by atoms with Crippen LogP contribution in [0.25, 0.3) is 11.1 Å². The molecule has 0 saturated heterocycles. The second kappa shape index (κ2) is 10.7. The van der Waals surface area contributed by atoms with E-state index in [1.807, 2.05) is 36.6 Å². The normalized spacial score (nSPS) is 10.6. The van der Waals surface area contributed by atoms with Gasteiger partial charge < -0.3 is 14.8 Å². The van der Waals surface area contributed by atoms with E-state index in [1.54, 1.807) is 18.2 Å². The van der Waals surface area contributed by atoms with Crippen molar-refractivity contribution >= 4 is 51.4 Å². The van der Waals surface area contributed by atoms with Gasteiger partial charge in [0.1, 0.15) is 16.3 Å². The van der Waals surface area contributed by atoms with Gasteiger partial charge in [-0.3, -0.25) is 4.79 Å². The van der Waals surface area contributed by atoms with Crippen molar-refractivity contribution in [1.82, 2.24) is 0 Å². The number of aryl methyl sites for hydroxylation is 1. The Kier molecular flexibility index (Phi) is 7.96. The zero-order valence-electron chi connectivity index (χ0n) is 17.0. The third-order valence-corrected chi connectivity index (χ3v) is 5.92. The monoisotopic (exact) mass is 477 g/mol. The number of carbonyl (C=O) groups is 2. The van der Waals surface area contributed by atoms with Crippen LogP contribution < -0.4 is 10.1 Å². The van der Waals surface area contributed by atoms with Crippen LogP contribution in [0.1, 0.15) is 28.8 Å². The second-order valence-electron chi connectivity index (χ2n) is 6.79. The van der Waals surface area contributed by atoms with E-state index < -0.39 is 5.97 Å². The number of thiophene rings is 1. The first kappa shape index (κ1) is 23.1. The summed E-state index contributed by atoms with van der Waals surface area (Å²) in [5.41, 5.74) is 3.09. The van der Waals surface area contributed by atoms with Crippen LogP contribution in [-0.2, 0) is 9.53 Å². The first-order chi connectivity index (χ1) is 14.9. The van der Waals surface area contributed by atoms with Gasteiger partial charge in [0.2, 0.25) is 5.91 Å². The molecule has 2 aromatic carbocycles. The lowest BCUT2D eigenvalue weighted by Crippen LogP contribution is -2.15. The van der Waals surface area contributed by atoms with Crippen molar-refractivity contribution in [1.29, 1.82) is 0 Å². The topological polar surface area (TPSA) is 64.6 Å². The van der Waals surface area contributed by atoms with Gasteiger partial charge in [-0.2, -0.15) is 0 Å². The fourth-order valence-corrected chi connectivity index (χ4v) is 4.33. The zero-order chi connectivity index (χ0) is 22.4. The number of amides is 1. The average molecular weight is 478 g/mol. The third kappa shape index (κ3) is 6.00. The van der Waals surface area contributed by atoms with Crippen LogP contribution in [-0.4, -0.2) is 25.6 Å². The summed E-state index contributed by atoms with van der Waals surface area (Å²) in [5.74, 6) is -0.193. The molecule has 31 heavy (non-hydrogen) atoms. The van der Waals surface area contributed by atoms with Crippen molar-refractivity contribution < 1.29 is 19.1 Å². The molecule has 162 valence electrons. The fraction of sp³-hybridized carbons (Fsp3) is 0.217. The third-order valence-electron chi connectivity index (χ3n) is 4.50.